The Kier molecular flexibility index (Phi) is 4.86. The Morgan fingerprint density at radius 3 is 2.76 bits per heavy atom. The van der Waals surface area contributed by atoms with Crippen LogP contribution in [0.5, 0.6) is 0 Å². The van der Waals surface area contributed by atoms with Crippen molar-refractivity contribution < 1.29 is 9.90 Å². The van der Waals surface area contributed by atoms with Crippen LogP contribution >= 0.6 is 11.8 Å². The lowest BCUT2D eigenvalue weighted by Crippen LogP contribution is -2.39. The maximum atomic E-state index is 12.0. The Morgan fingerprint density at radius 1 is 1.19 bits per heavy atom. The molecule has 0 saturated heterocycles. The molecule has 3 rings (SSSR count). The highest BCUT2D eigenvalue weighted by molar-refractivity contribution is 8.00. The molecule has 2 aliphatic rings. The van der Waals surface area contributed by atoms with Gasteiger partial charge in [-0.2, -0.15) is 0 Å². The topological polar surface area (TPSA) is 49.3 Å². The minimum Gasteiger partial charge on any atom is -0.393 e. The predicted molar refractivity (Wildman–Crippen MR) is 85.6 cm³/mol. The van der Waals surface area contributed by atoms with Crippen molar-refractivity contribution >= 4 is 17.7 Å². The van der Waals surface area contributed by atoms with E-state index in [1.807, 2.05) is 0 Å². The van der Waals surface area contributed by atoms with E-state index in [9.17, 15) is 9.90 Å². The summed E-state index contributed by atoms with van der Waals surface area (Å²) in [4.78, 5) is 13.2. The number of aryl methyl sites for hydroxylation is 2. The lowest BCUT2D eigenvalue weighted by molar-refractivity contribution is -0.119. The molecule has 3 nitrogen and oxygen atoms in total. The number of fused-ring (bicyclic) bond motifs is 1. The Bertz CT molecular complexity index is 510. The monoisotopic (exact) mass is 305 g/mol. The zero-order valence-electron chi connectivity index (χ0n) is 12.3. The summed E-state index contributed by atoms with van der Waals surface area (Å²) in [5.41, 5.74) is 2.94. The number of hydrogen-bond acceptors (Lipinski definition) is 3. The van der Waals surface area contributed by atoms with Crippen LogP contribution in [-0.2, 0) is 17.6 Å². The molecule has 0 aliphatic heterocycles. The molecule has 21 heavy (non-hydrogen) atoms. The largest absolute Gasteiger partial charge is 0.393 e. The minimum absolute atomic E-state index is 0.113. The number of nitrogens with one attached hydrogen (secondary N) is 1. The highest BCUT2D eigenvalue weighted by Gasteiger charge is 2.20. The molecule has 0 radical (unpaired) electrons. The SMILES string of the molecule is O=C(CSc1ccc2c(c1)CCC2)NC1CCC(O)CC1. The van der Waals surface area contributed by atoms with Crippen LogP contribution in [0.4, 0.5) is 0 Å². The maximum absolute atomic E-state index is 12.0. The van der Waals surface area contributed by atoms with Crippen molar-refractivity contribution in [1.82, 2.24) is 5.32 Å². The Balaban J connectivity index is 1.45. The molecule has 1 aromatic rings. The fourth-order valence-corrected chi connectivity index (χ4v) is 4.05. The summed E-state index contributed by atoms with van der Waals surface area (Å²) >= 11 is 1.62. The van der Waals surface area contributed by atoms with Gasteiger partial charge in [-0.05, 0) is 68.2 Å². The molecule has 1 amide bonds. The number of carbonyl (C=O) groups is 1. The zero-order valence-corrected chi connectivity index (χ0v) is 13.1. The van der Waals surface area contributed by atoms with Crippen molar-refractivity contribution in [2.45, 2.75) is 62.0 Å². The number of aliphatic hydroxyl groups excluding tert-OH is 1. The number of carbonyl (C=O) groups excluding carboxylic acids is 1. The van der Waals surface area contributed by atoms with Gasteiger partial charge in [0, 0.05) is 10.9 Å². The van der Waals surface area contributed by atoms with Crippen LogP contribution in [0.1, 0.15) is 43.2 Å². The molecule has 4 heteroatoms. The Hall–Kier alpha value is -1.00. The van der Waals surface area contributed by atoms with Crippen LogP contribution in [0.3, 0.4) is 0 Å². The average Bonchev–Trinajstić information content (AvgIpc) is 2.95. The maximum Gasteiger partial charge on any atom is 0.230 e. The molecule has 0 aromatic heterocycles. The number of thioether (sulfide) groups is 1. The lowest BCUT2D eigenvalue weighted by Gasteiger charge is -2.26. The van der Waals surface area contributed by atoms with E-state index in [0.29, 0.717) is 5.75 Å². The van der Waals surface area contributed by atoms with Gasteiger partial charge in [0.2, 0.25) is 5.91 Å². The van der Waals surface area contributed by atoms with Gasteiger partial charge in [0.05, 0.1) is 11.9 Å². The Labute approximate surface area is 130 Å². The molecular formula is C17H23NO2S. The third-order valence-corrected chi connectivity index (χ3v) is 5.50. The summed E-state index contributed by atoms with van der Waals surface area (Å²) in [6, 6.07) is 6.85. The van der Waals surface area contributed by atoms with Crippen LogP contribution in [0.15, 0.2) is 23.1 Å². The first-order chi connectivity index (χ1) is 10.2. The van der Waals surface area contributed by atoms with Crippen molar-refractivity contribution in [3.05, 3.63) is 29.3 Å². The van der Waals surface area contributed by atoms with Crippen LogP contribution in [-0.4, -0.2) is 28.9 Å². The van der Waals surface area contributed by atoms with Crippen LogP contribution < -0.4 is 5.32 Å². The predicted octanol–water partition coefficient (Wildman–Crippen LogP) is 2.69. The molecule has 0 atom stereocenters. The fraction of sp³-hybridized carbons (Fsp3) is 0.588. The smallest absolute Gasteiger partial charge is 0.230 e. The summed E-state index contributed by atoms with van der Waals surface area (Å²) in [6.07, 6.45) is 6.89. The zero-order chi connectivity index (χ0) is 14.7. The molecule has 0 spiro atoms. The summed E-state index contributed by atoms with van der Waals surface area (Å²) in [5, 5.41) is 12.6. The molecule has 0 unspecified atom stereocenters. The molecule has 2 N–H and O–H groups in total. The van der Waals surface area contributed by atoms with Gasteiger partial charge in [-0.1, -0.05) is 6.07 Å². The third kappa shape index (κ3) is 4.01. The van der Waals surface area contributed by atoms with E-state index < -0.39 is 0 Å². The number of benzene rings is 1. The van der Waals surface area contributed by atoms with Gasteiger partial charge in [0.1, 0.15) is 0 Å². The highest BCUT2D eigenvalue weighted by atomic mass is 32.2. The summed E-state index contributed by atoms with van der Waals surface area (Å²) in [7, 11) is 0. The molecule has 0 bridgehead atoms. The van der Waals surface area contributed by atoms with Gasteiger partial charge in [0.25, 0.3) is 0 Å². The number of rotatable bonds is 4. The fourth-order valence-electron chi connectivity index (χ4n) is 3.28. The van der Waals surface area contributed by atoms with Crippen LogP contribution in [0, 0.1) is 0 Å². The first-order valence-corrected chi connectivity index (χ1v) is 8.91. The number of hydrogen-bond donors (Lipinski definition) is 2. The van der Waals surface area contributed by atoms with Crippen molar-refractivity contribution in [1.29, 1.82) is 0 Å². The molecule has 0 heterocycles. The molecule has 1 saturated carbocycles. The number of amides is 1. The van der Waals surface area contributed by atoms with Crippen molar-refractivity contribution in [2.24, 2.45) is 0 Å². The second kappa shape index (κ2) is 6.84. The molecule has 114 valence electrons. The van der Waals surface area contributed by atoms with E-state index in [1.165, 1.54) is 35.3 Å². The van der Waals surface area contributed by atoms with Crippen molar-refractivity contribution in [3.8, 4) is 0 Å². The molecule has 1 fully saturated rings. The van der Waals surface area contributed by atoms with Gasteiger partial charge in [-0.25, -0.2) is 0 Å². The standard InChI is InChI=1S/C17H23NO2S/c19-15-7-5-14(6-8-15)18-17(20)11-21-16-9-4-12-2-1-3-13(12)10-16/h4,9-10,14-15,19H,1-3,5-8,11H2,(H,18,20). The van der Waals surface area contributed by atoms with Crippen LogP contribution in [0.25, 0.3) is 0 Å². The van der Waals surface area contributed by atoms with Gasteiger partial charge >= 0.3 is 0 Å². The quantitative estimate of drug-likeness (QED) is 0.841. The van der Waals surface area contributed by atoms with Crippen LogP contribution in [0.2, 0.25) is 0 Å². The van der Waals surface area contributed by atoms with Crippen molar-refractivity contribution in [3.63, 3.8) is 0 Å². The van der Waals surface area contributed by atoms with Gasteiger partial charge in [-0.15, -0.1) is 11.8 Å². The van der Waals surface area contributed by atoms with E-state index in [1.54, 1.807) is 11.8 Å². The Morgan fingerprint density at radius 2 is 1.95 bits per heavy atom. The first kappa shape index (κ1) is 14.9. The van der Waals surface area contributed by atoms with Gasteiger partial charge in [-0.3, -0.25) is 4.79 Å². The minimum atomic E-state index is -0.168. The second-order valence-electron chi connectivity index (χ2n) is 6.15. The van der Waals surface area contributed by atoms with E-state index in [-0.39, 0.29) is 18.1 Å². The molecule has 2 aliphatic carbocycles. The van der Waals surface area contributed by atoms with Gasteiger partial charge < -0.3 is 10.4 Å². The van der Waals surface area contributed by atoms with E-state index in [2.05, 4.69) is 23.5 Å². The van der Waals surface area contributed by atoms with E-state index in [4.69, 9.17) is 0 Å². The molecular weight excluding hydrogens is 282 g/mol. The second-order valence-corrected chi connectivity index (χ2v) is 7.19. The average molecular weight is 305 g/mol. The highest BCUT2D eigenvalue weighted by Crippen LogP contribution is 2.27. The van der Waals surface area contributed by atoms with E-state index >= 15 is 0 Å². The van der Waals surface area contributed by atoms with Crippen molar-refractivity contribution in [2.75, 3.05) is 5.75 Å². The first-order valence-electron chi connectivity index (χ1n) is 7.93. The van der Waals surface area contributed by atoms with Gasteiger partial charge in [0.15, 0.2) is 0 Å². The third-order valence-electron chi connectivity index (χ3n) is 4.50. The normalized spacial score (nSPS) is 24.6. The van der Waals surface area contributed by atoms with E-state index in [0.717, 1.165) is 25.7 Å². The summed E-state index contributed by atoms with van der Waals surface area (Å²) < 4.78 is 0. The summed E-state index contributed by atoms with van der Waals surface area (Å²) in [5.74, 6) is 0.597. The number of aliphatic hydroxyl groups is 1. The lowest BCUT2D eigenvalue weighted by atomic mass is 9.93. The molecule has 1 aromatic carbocycles. The summed E-state index contributed by atoms with van der Waals surface area (Å²) in [6.45, 7) is 0.